The van der Waals surface area contributed by atoms with E-state index in [1.165, 1.54) is 64.2 Å². The Bertz CT molecular complexity index is 1600. The van der Waals surface area contributed by atoms with Crippen LogP contribution in [0.1, 0.15) is 148 Å². The highest BCUT2D eigenvalue weighted by Crippen LogP contribution is 2.47. The number of carbonyl (C=O) groups is 4. The highest BCUT2D eigenvalue weighted by atomic mass is 16.6. The average Bonchev–Trinajstić information content (AvgIpc) is 3.64. The molecular weight excluding hydrogens is 679 g/mol. The number of hydrogen-bond donors (Lipinski definition) is 2. The molecule has 54 heavy (non-hydrogen) atoms. The van der Waals surface area contributed by atoms with Crippen LogP contribution in [0.5, 0.6) is 0 Å². The van der Waals surface area contributed by atoms with Crippen LogP contribution in [-0.2, 0) is 37.4 Å². The lowest BCUT2D eigenvalue weighted by Gasteiger charge is -2.42. The van der Waals surface area contributed by atoms with Gasteiger partial charge < -0.3 is 25.2 Å². The van der Waals surface area contributed by atoms with E-state index < -0.39 is 17.1 Å². The molecule has 10 heteroatoms. The van der Waals surface area contributed by atoms with Gasteiger partial charge in [0.05, 0.1) is 11.5 Å². The van der Waals surface area contributed by atoms with Crippen LogP contribution in [0.4, 0.5) is 16.3 Å². The van der Waals surface area contributed by atoms with Crippen LogP contribution in [0.2, 0.25) is 0 Å². The Hall–Kier alpha value is -3.95. The minimum atomic E-state index is -0.691. The van der Waals surface area contributed by atoms with Crippen molar-refractivity contribution in [1.82, 2.24) is 14.8 Å². The number of hydrogen-bond acceptors (Lipinski definition) is 6. The molecule has 0 radical (unpaired) electrons. The van der Waals surface area contributed by atoms with Crippen molar-refractivity contribution < 1.29 is 23.9 Å². The summed E-state index contributed by atoms with van der Waals surface area (Å²) in [5, 5.41) is 6.00. The minimum Gasteiger partial charge on any atom is -0.444 e. The molecule has 3 heterocycles. The number of carbonyl (C=O) groups excluding carboxylic acids is 4. The molecule has 2 N–H and O–H groups in total. The zero-order valence-electron chi connectivity index (χ0n) is 33.6. The van der Waals surface area contributed by atoms with Crippen LogP contribution in [-0.4, -0.2) is 69.9 Å². The first-order chi connectivity index (χ1) is 25.9. The van der Waals surface area contributed by atoms with Crippen LogP contribution in [0.25, 0.3) is 0 Å². The van der Waals surface area contributed by atoms with Crippen molar-refractivity contribution >= 4 is 35.3 Å². The normalized spacial score (nSPS) is 20.4. The second-order valence-electron chi connectivity index (χ2n) is 17.2. The lowest BCUT2D eigenvalue weighted by atomic mass is 9.79. The number of anilines is 2. The zero-order valence-corrected chi connectivity index (χ0v) is 33.6. The summed E-state index contributed by atoms with van der Waals surface area (Å²) in [6.07, 6.45) is 19.5. The largest absolute Gasteiger partial charge is 0.444 e. The van der Waals surface area contributed by atoms with Crippen LogP contribution < -0.4 is 10.6 Å². The van der Waals surface area contributed by atoms with Gasteiger partial charge in [-0.3, -0.25) is 14.4 Å². The van der Waals surface area contributed by atoms with Gasteiger partial charge in [-0.2, -0.15) is 0 Å². The van der Waals surface area contributed by atoms with Crippen molar-refractivity contribution in [1.29, 1.82) is 0 Å². The summed E-state index contributed by atoms with van der Waals surface area (Å²) in [6, 6.07) is 9.35. The van der Waals surface area contributed by atoms with E-state index in [2.05, 4.69) is 29.5 Å². The van der Waals surface area contributed by atoms with Gasteiger partial charge in [0.2, 0.25) is 17.7 Å². The molecule has 5 rings (SSSR count). The number of likely N-dealkylation sites (tertiary alicyclic amines) is 1. The molecule has 0 unspecified atom stereocenters. The van der Waals surface area contributed by atoms with E-state index in [-0.39, 0.29) is 36.2 Å². The fourth-order valence-electron chi connectivity index (χ4n) is 8.58. The molecule has 2 aromatic rings. The summed E-state index contributed by atoms with van der Waals surface area (Å²) in [5.74, 6) is 0.388. The Morgan fingerprint density at radius 3 is 2.24 bits per heavy atom. The number of pyridine rings is 1. The summed E-state index contributed by atoms with van der Waals surface area (Å²) in [5.41, 5.74) is 2.32. The lowest BCUT2D eigenvalue weighted by molar-refractivity contribution is -0.138. The highest BCUT2D eigenvalue weighted by Gasteiger charge is 2.51. The molecule has 1 aromatic carbocycles. The second kappa shape index (κ2) is 19.1. The van der Waals surface area contributed by atoms with Gasteiger partial charge >= 0.3 is 6.09 Å². The molecule has 296 valence electrons. The van der Waals surface area contributed by atoms with Crippen LogP contribution in [0, 0.1) is 5.92 Å². The van der Waals surface area contributed by atoms with E-state index in [1.807, 2.05) is 51.1 Å². The Balaban J connectivity index is 1.17. The maximum Gasteiger partial charge on any atom is 0.410 e. The third-order valence-corrected chi connectivity index (χ3v) is 11.3. The number of piperidine rings is 1. The monoisotopic (exact) mass is 743 g/mol. The Kier molecular flexibility index (Phi) is 14.6. The number of ether oxygens (including phenoxy) is 1. The summed E-state index contributed by atoms with van der Waals surface area (Å²) in [7, 11) is 0. The summed E-state index contributed by atoms with van der Waals surface area (Å²) in [4.78, 5) is 61.8. The molecule has 4 amide bonds. The molecule has 1 spiro atoms. The van der Waals surface area contributed by atoms with Gasteiger partial charge in [0.15, 0.2) is 0 Å². The number of nitrogens with one attached hydrogen (secondary N) is 2. The maximum atomic E-state index is 13.9. The number of unbranched alkanes of at least 4 members (excludes halogenated alkanes) is 12. The molecule has 0 bridgehead atoms. The third-order valence-electron chi connectivity index (χ3n) is 11.3. The quantitative estimate of drug-likeness (QED) is 0.147. The van der Waals surface area contributed by atoms with Crippen molar-refractivity contribution in [2.75, 3.05) is 30.3 Å². The molecule has 3 atom stereocenters. The smallest absolute Gasteiger partial charge is 0.410 e. The zero-order chi connectivity index (χ0) is 38.7. The van der Waals surface area contributed by atoms with Gasteiger partial charge in [-0.1, -0.05) is 103 Å². The Labute approximate surface area is 323 Å². The number of aromatic nitrogens is 1. The van der Waals surface area contributed by atoms with Crippen LogP contribution in [0.15, 0.2) is 36.5 Å². The fraction of sp³-hybridized carbons (Fsp3) is 0.659. The highest BCUT2D eigenvalue weighted by molar-refractivity contribution is 6.06. The fourth-order valence-corrected chi connectivity index (χ4v) is 8.58. The molecule has 1 aromatic heterocycles. The van der Waals surface area contributed by atoms with Crippen molar-refractivity contribution in [2.24, 2.45) is 5.92 Å². The molecule has 0 saturated carbocycles. The van der Waals surface area contributed by atoms with E-state index in [0.29, 0.717) is 50.3 Å². The summed E-state index contributed by atoms with van der Waals surface area (Å²) < 4.78 is 5.70. The molecule has 3 aliphatic rings. The van der Waals surface area contributed by atoms with Crippen molar-refractivity contribution in [2.45, 2.75) is 161 Å². The van der Waals surface area contributed by atoms with Crippen molar-refractivity contribution in [3.8, 4) is 0 Å². The van der Waals surface area contributed by atoms with E-state index in [0.717, 1.165) is 36.0 Å². The minimum absolute atomic E-state index is 0.0437. The maximum absolute atomic E-state index is 13.9. The van der Waals surface area contributed by atoms with Gasteiger partial charge in [0.25, 0.3) is 0 Å². The van der Waals surface area contributed by atoms with Crippen molar-refractivity contribution in [3.63, 3.8) is 0 Å². The molecule has 2 aliphatic heterocycles. The van der Waals surface area contributed by atoms with E-state index in [9.17, 15) is 19.2 Å². The summed E-state index contributed by atoms with van der Waals surface area (Å²) >= 11 is 0. The molecule has 10 nitrogen and oxygen atoms in total. The van der Waals surface area contributed by atoms with E-state index >= 15 is 0 Å². The van der Waals surface area contributed by atoms with Crippen LogP contribution >= 0.6 is 0 Å². The predicted molar refractivity (Wildman–Crippen MR) is 214 cm³/mol. The third kappa shape index (κ3) is 11.1. The number of fused-ring (bicyclic) bond motifs is 3. The lowest BCUT2D eigenvalue weighted by Crippen LogP contribution is -2.56. The standard InChI is InChI=1S/C44H65N5O5/c1-6-7-8-9-10-11-12-13-14-15-16-17-18-21-39(51)49(36-25-32(2)29-48(30-36)42(53)54-43(3,4)5)31-38(50)46-35-23-22-33-27-44(28-34(33)26-35)37-20-19-24-45-40(37)47-41(44)52/h19-20,22-24,26,32,36H,6-18,21,25,27-31H2,1-5H3,(H,46,50)(H,45,47,52)/t32-,36-,44+/m0/s1. The SMILES string of the molecule is CCCCCCCCCCCCCCCC(=O)N(CC(=O)Nc1ccc2c(c1)C[C@@]1(C2)C(=O)Nc2ncccc21)[C@H]1C[C@H](C)CN(C(=O)OC(C)(C)C)C1. The first kappa shape index (κ1) is 41.2. The van der Waals surface area contributed by atoms with Gasteiger partial charge in [-0.15, -0.1) is 0 Å². The second-order valence-corrected chi connectivity index (χ2v) is 17.2. The molecule has 1 fully saturated rings. The Morgan fingerprint density at radius 2 is 1.57 bits per heavy atom. The average molecular weight is 744 g/mol. The first-order valence-electron chi connectivity index (χ1n) is 20.8. The van der Waals surface area contributed by atoms with E-state index in [1.54, 1.807) is 16.0 Å². The van der Waals surface area contributed by atoms with Gasteiger partial charge in [0.1, 0.15) is 18.0 Å². The first-order valence-corrected chi connectivity index (χ1v) is 20.8. The number of benzene rings is 1. The summed E-state index contributed by atoms with van der Waals surface area (Å²) in [6.45, 7) is 10.7. The van der Waals surface area contributed by atoms with E-state index in [4.69, 9.17) is 4.74 Å². The molecule has 1 saturated heterocycles. The molecular formula is C44H65N5O5. The predicted octanol–water partition coefficient (Wildman–Crippen LogP) is 8.96. The topological polar surface area (TPSA) is 121 Å². The number of amides is 4. The Morgan fingerprint density at radius 1 is 0.926 bits per heavy atom. The van der Waals surface area contributed by atoms with Gasteiger partial charge in [-0.05, 0) is 81.7 Å². The number of rotatable bonds is 18. The van der Waals surface area contributed by atoms with Gasteiger partial charge in [-0.25, -0.2) is 9.78 Å². The number of nitrogens with zero attached hydrogens (tertiary/aromatic N) is 3. The molecule has 1 aliphatic carbocycles. The van der Waals surface area contributed by atoms with Crippen molar-refractivity contribution in [3.05, 3.63) is 53.2 Å². The van der Waals surface area contributed by atoms with Gasteiger partial charge in [0, 0.05) is 37.0 Å². The van der Waals surface area contributed by atoms with Crippen LogP contribution in [0.3, 0.4) is 0 Å².